The van der Waals surface area contributed by atoms with Crippen LogP contribution in [-0.4, -0.2) is 53.4 Å². The van der Waals surface area contributed by atoms with Gasteiger partial charge in [-0.2, -0.15) is 0 Å². The van der Waals surface area contributed by atoms with E-state index >= 15 is 0 Å². The molecule has 4 atom stereocenters. The number of nitrogens with one attached hydrogen (secondary N) is 1. The minimum absolute atomic E-state index is 0.0413. The minimum Gasteiger partial charge on any atom is -0.462 e. The van der Waals surface area contributed by atoms with Crippen molar-refractivity contribution in [2.75, 3.05) is 12.4 Å². The minimum atomic E-state index is -1.35. The lowest BCUT2D eigenvalue weighted by Crippen LogP contribution is -2.63. The molecular weight excluding hydrogens is 382 g/mol. The summed E-state index contributed by atoms with van der Waals surface area (Å²) in [6, 6.07) is 4.80. The van der Waals surface area contributed by atoms with Crippen LogP contribution in [-0.2, 0) is 14.3 Å². The van der Waals surface area contributed by atoms with Crippen LogP contribution in [0.2, 0.25) is 0 Å². The molecule has 0 bridgehead atoms. The first-order valence-corrected chi connectivity index (χ1v) is 9.13. The van der Waals surface area contributed by atoms with Crippen LogP contribution < -0.4 is 15.7 Å². The van der Waals surface area contributed by atoms with Crippen LogP contribution in [0, 0.1) is 6.92 Å². The number of carbonyl (C=O) groups excluding carboxylic acids is 1. The summed E-state index contributed by atoms with van der Waals surface area (Å²) in [6.07, 6.45) is -4.46. The topological polar surface area (TPSA) is 127 Å². The van der Waals surface area contributed by atoms with E-state index in [9.17, 15) is 19.8 Å². The van der Waals surface area contributed by atoms with Gasteiger partial charge in [-0.3, -0.25) is 4.79 Å². The molecule has 2 aromatic rings. The molecular formula is C20H25NO8. The zero-order valence-electron chi connectivity index (χ0n) is 16.9. The van der Waals surface area contributed by atoms with Crippen LogP contribution in [0.3, 0.4) is 0 Å². The van der Waals surface area contributed by atoms with Gasteiger partial charge in [0.1, 0.15) is 35.3 Å². The van der Waals surface area contributed by atoms with Crippen molar-refractivity contribution in [3.63, 3.8) is 0 Å². The zero-order chi connectivity index (χ0) is 21.5. The van der Waals surface area contributed by atoms with Crippen molar-refractivity contribution in [1.29, 1.82) is 0 Å². The largest absolute Gasteiger partial charge is 0.462 e. The quantitative estimate of drug-likeness (QED) is 0.648. The van der Waals surface area contributed by atoms with Gasteiger partial charge < -0.3 is 34.2 Å². The standard InChI is InChI=1S/C20H25NO8/c1-9-13(27-19-15(24)14(23)17(26-5)20(3,4)29-19)7-6-11-8-12(21-10(2)22)18(25)28-16(9)11/h6-8,14-15,17,19,23-24H,1-5H3,(H,21,22)/t14-,15+,17+,19+/m0/s1. The van der Waals surface area contributed by atoms with E-state index in [0.29, 0.717) is 16.7 Å². The molecule has 0 unspecified atom stereocenters. The molecule has 1 aliphatic rings. The maximum Gasteiger partial charge on any atom is 0.360 e. The number of ether oxygens (including phenoxy) is 3. The van der Waals surface area contributed by atoms with Gasteiger partial charge in [0.15, 0.2) is 0 Å². The van der Waals surface area contributed by atoms with Gasteiger partial charge >= 0.3 is 5.63 Å². The molecule has 1 fully saturated rings. The molecule has 0 spiro atoms. The highest BCUT2D eigenvalue weighted by Gasteiger charge is 2.50. The molecule has 1 saturated heterocycles. The highest BCUT2D eigenvalue weighted by Crippen LogP contribution is 2.34. The molecule has 3 rings (SSSR count). The lowest BCUT2D eigenvalue weighted by atomic mass is 9.89. The fourth-order valence-corrected chi connectivity index (χ4v) is 3.54. The smallest absolute Gasteiger partial charge is 0.360 e. The number of carbonyl (C=O) groups is 1. The first-order chi connectivity index (χ1) is 13.5. The summed E-state index contributed by atoms with van der Waals surface area (Å²) in [5.74, 6) is -0.0665. The Morgan fingerprint density at radius 2 is 1.93 bits per heavy atom. The molecule has 9 nitrogen and oxygen atoms in total. The number of amides is 1. The van der Waals surface area contributed by atoms with Crippen LogP contribution in [0.4, 0.5) is 5.69 Å². The van der Waals surface area contributed by atoms with Crippen molar-refractivity contribution in [2.45, 2.75) is 57.9 Å². The molecule has 1 amide bonds. The Balaban J connectivity index is 1.93. The van der Waals surface area contributed by atoms with Crippen molar-refractivity contribution < 1.29 is 33.6 Å². The third-order valence-corrected chi connectivity index (χ3v) is 4.95. The second-order valence-corrected chi connectivity index (χ2v) is 7.58. The highest BCUT2D eigenvalue weighted by atomic mass is 16.7. The lowest BCUT2D eigenvalue weighted by Gasteiger charge is -2.46. The van der Waals surface area contributed by atoms with Crippen molar-refractivity contribution in [2.24, 2.45) is 0 Å². The zero-order valence-corrected chi connectivity index (χ0v) is 16.9. The average Bonchev–Trinajstić information content (AvgIpc) is 2.63. The Labute approximate surface area is 167 Å². The van der Waals surface area contributed by atoms with E-state index < -0.39 is 35.8 Å². The monoisotopic (exact) mass is 407 g/mol. The second-order valence-electron chi connectivity index (χ2n) is 7.58. The van der Waals surface area contributed by atoms with E-state index in [-0.39, 0.29) is 17.2 Å². The van der Waals surface area contributed by atoms with Crippen LogP contribution in [0.1, 0.15) is 26.3 Å². The Bertz CT molecular complexity index is 982. The van der Waals surface area contributed by atoms with E-state index in [4.69, 9.17) is 18.6 Å². The number of methoxy groups -OCH3 is 1. The third-order valence-electron chi connectivity index (χ3n) is 4.95. The van der Waals surface area contributed by atoms with Gasteiger partial charge in [-0.15, -0.1) is 0 Å². The molecule has 158 valence electrons. The van der Waals surface area contributed by atoms with E-state index in [1.165, 1.54) is 20.1 Å². The SMILES string of the molecule is CO[C@@H]1[C@@H](O)[C@@H](O)[C@H](Oc2ccc3cc(NC(C)=O)c(=O)oc3c2C)OC1(C)C. The molecule has 29 heavy (non-hydrogen) atoms. The maximum atomic E-state index is 12.1. The molecule has 1 aromatic carbocycles. The van der Waals surface area contributed by atoms with Gasteiger partial charge in [-0.05, 0) is 39.0 Å². The number of anilines is 1. The average molecular weight is 407 g/mol. The molecule has 2 heterocycles. The Morgan fingerprint density at radius 1 is 1.24 bits per heavy atom. The maximum absolute atomic E-state index is 12.1. The van der Waals surface area contributed by atoms with Gasteiger partial charge in [0, 0.05) is 25.0 Å². The fraction of sp³-hybridized carbons (Fsp3) is 0.500. The fourth-order valence-electron chi connectivity index (χ4n) is 3.54. The summed E-state index contributed by atoms with van der Waals surface area (Å²) in [6.45, 7) is 6.43. The lowest BCUT2D eigenvalue weighted by molar-refractivity contribution is -0.306. The predicted molar refractivity (Wildman–Crippen MR) is 104 cm³/mol. The van der Waals surface area contributed by atoms with Gasteiger partial charge in [0.25, 0.3) is 0 Å². The van der Waals surface area contributed by atoms with Crippen molar-refractivity contribution in [3.05, 3.63) is 34.2 Å². The number of benzene rings is 1. The van der Waals surface area contributed by atoms with Crippen LogP contribution in [0.5, 0.6) is 5.75 Å². The van der Waals surface area contributed by atoms with Gasteiger partial charge in [0.2, 0.25) is 12.2 Å². The first kappa shape index (κ1) is 21.3. The summed E-state index contributed by atoms with van der Waals surface area (Å²) in [5, 5.41) is 23.8. The van der Waals surface area contributed by atoms with Crippen LogP contribution >= 0.6 is 0 Å². The van der Waals surface area contributed by atoms with Gasteiger partial charge in [-0.25, -0.2) is 4.79 Å². The van der Waals surface area contributed by atoms with E-state index in [2.05, 4.69) is 5.32 Å². The molecule has 9 heteroatoms. The Kier molecular flexibility index (Phi) is 5.68. The third kappa shape index (κ3) is 3.99. The normalized spacial score (nSPS) is 26.3. The Hall–Kier alpha value is -2.46. The summed E-state index contributed by atoms with van der Waals surface area (Å²) in [4.78, 5) is 23.4. The summed E-state index contributed by atoms with van der Waals surface area (Å²) >= 11 is 0. The molecule has 0 saturated carbocycles. The number of hydrogen-bond acceptors (Lipinski definition) is 8. The van der Waals surface area contributed by atoms with Crippen LogP contribution in [0.25, 0.3) is 11.0 Å². The van der Waals surface area contributed by atoms with E-state index in [0.717, 1.165) is 0 Å². The number of fused-ring (bicyclic) bond motifs is 1. The van der Waals surface area contributed by atoms with E-state index in [1.807, 2.05) is 0 Å². The predicted octanol–water partition coefficient (Wildman–Crippen LogP) is 1.31. The van der Waals surface area contributed by atoms with Gasteiger partial charge in [0.05, 0.1) is 5.60 Å². The number of hydrogen-bond donors (Lipinski definition) is 3. The van der Waals surface area contributed by atoms with Crippen molar-refractivity contribution in [1.82, 2.24) is 0 Å². The van der Waals surface area contributed by atoms with Crippen molar-refractivity contribution >= 4 is 22.6 Å². The van der Waals surface area contributed by atoms with Crippen molar-refractivity contribution in [3.8, 4) is 5.75 Å². The number of rotatable bonds is 4. The van der Waals surface area contributed by atoms with Crippen LogP contribution in [0.15, 0.2) is 27.4 Å². The van der Waals surface area contributed by atoms with Gasteiger partial charge in [-0.1, -0.05) is 0 Å². The summed E-state index contributed by atoms with van der Waals surface area (Å²) in [7, 11) is 1.43. The molecule has 1 aromatic heterocycles. The Morgan fingerprint density at radius 3 is 2.55 bits per heavy atom. The summed E-state index contributed by atoms with van der Waals surface area (Å²) in [5.41, 5.74) is -0.781. The molecule has 0 radical (unpaired) electrons. The summed E-state index contributed by atoms with van der Waals surface area (Å²) < 4.78 is 22.2. The second kappa shape index (κ2) is 7.75. The molecule has 0 aliphatic carbocycles. The number of aryl methyl sites for hydroxylation is 1. The first-order valence-electron chi connectivity index (χ1n) is 9.13. The molecule has 3 N–H and O–H groups in total. The number of aliphatic hydroxyl groups excluding tert-OH is 2. The highest BCUT2D eigenvalue weighted by molar-refractivity contribution is 5.91. The molecule has 1 aliphatic heterocycles. The number of aliphatic hydroxyl groups is 2. The van der Waals surface area contributed by atoms with E-state index in [1.54, 1.807) is 32.9 Å².